The molecule has 1 aromatic carbocycles. The molecule has 17 heavy (non-hydrogen) atoms. The molecule has 1 aromatic heterocycles. The van der Waals surface area contributed by atoms with Crippen LogP contribution in [0.1, 0.15) is 22.1 Å². The van der Waals surface area contributed by atoms with E-state index in [4.69, 9.17) is 0 Å². The summed E-state index contributed by atoms with van der Waals surface area (Å²) >= 11 is 4.26. The zero-order chi connectivity index (χ0) is 12.6. The summed E-state index contributed by atoms with van der Waals surface area (Å²) in [5.74, 6) is -1.50. The summed E-state index contributed by atoms with van der Waals surface area (Å²) in [6.07, 6.45) is -1.27. The molecule has 0 aliphatic carbocycles. The van der Waals surface area contributed by atoms with E-state index in [1.165, 1.54) is 17.4 Å². The van der Waals surface area contributed by atoms with Crippen molar-refractivity contribution in [3.05, 3.63) is 55.7 Å². The normalized spacial score (nSPS) is 12.8. The first kappa shape index (κ1) is 12.7. The Hall–Kier alpha value is -0.780. The Labute approximate surface area is 110 Å². The van der Waals surface area contributed by atoms with Gasteiger partial charge in [-0.25, -0.2) is 8.78 Å². The van der Waals surface area contributed by atoms with Crippen LogP contribution in [0, 0.1) is 18.6 Å². The highest BCUT2D eigenvalue weighted by Gasteiger charge is 2.23. The summed E-state index contributed by atoms with van der Waals surface area (Å²) in [5, 5.41) is 11.8. The van der Waals surface area contributed by atoms with Crippen LogP contribution >= 0.6 is 27.3 Å². The van der Waals surface area contributed by atoms with Gasteiger partial charge in [0.05, 0.1) is 10.0 Å². The van der Waals surface area contributed by atoms with E-state index in [1.807, 2.05) is 0 Å². The molecule has 1 atom stereocenters. The highest BCUT2D eigenvalue weighted by molar-refractivity contribution is 9.10. The van der Waals surface area contributed by atoms with Crippen LogP contribution in [0.25, 0.3) is 0 Å². The number of thiophene rings is 1. The lowest BCUT2D eigenvalue weighted by Crippen LogP contribution is -2.06. The average Bonchev–Trinajstić information content (AvgIpc) is 2.70. The van der Waals surface area contributed by atoms with Crippen LogP contribution in [0.3, 0.4) is 0 Å². The number of aliphatic hydroxyl groups excluding tert-OH is 1. The van der Waals surface area contributed by atoms with Gasteiger partial charge < -0.3 is 5.11 Å². The van der Waals surface area contributed by atoms with E-state index in [-0.39, 0.29) is 10.0 Å². The fourth-order valence-corrected chi connectivity index (χ4v) is 2.85. The van der Waals surface area contributed by atoms with E-state index in [9.17, 15) is 13.9 Å². The SMILES string of the molecule is Cc1ccsc1C(O)c1c(F)ccc(Br)c1F. The number of hydrogen-bond acceptors (Lipinski definition) is 2. The molecule has 0 amide bonds. The minimum Gasteiger partial charge on any atom is -0.383 e. The molecule has 0 fully saturated rings. The highest BCUT2D eigenvalue weighted by atomic mass is 79.9. The van der Waals surface area contributed by atoms with Gasteiger partial charge in [0.1, 0.15) is 17.7 Å². The quantitative estimate of drug-likeness (QED) is 0.824. The number of benzene rings is 1. The third-order valence-corrected chi connectivity index (χ3v) is 4.19. The zero-order valence-electron chi connectivity index (χ0n) is 8.88. The van der Waals surface area contributed by atoms with Crippen molar-refractivity contribution in [2.45, 2.75) is 13.0 Å². The first-order valence-electron chi connectivity index (χ1n) is 4.88. The van der Waals surface area contributed by atoms with Gasteiger partial charge in [-0.1, -0.05) is 0 Å². The molecule has 1 N–H and O–H groups in total. The Morgan fingerprint density at radius 2 is 2.00 bits per heavy atom. The standard InChI is InChI=1S/C12H9BrF2OS/c1-6-4-5-17-12(6)11(16)9-8(14)3-2-7(13)10(9)15/h2-5,11,16H,1H3. The first-order chi connectivity index (χ1) is 8.02. The summed E-state index contributed by atoms with van der Waals surface area (Å²) in [5.41, 5.74) is 0.506. The van der Waals surface area contributed by atoms with Crippen LogP contribution in [-0.4, -0.2) is 5.11 Å². The molecule has 90 valence electrons. The van der Waals surface area contributed by atoms with Crippen LogP contribution in [0.5, 0.6) is 0 Å². The van der Waals surface area contributed by atoms with Gasteiger partial charge in [0.25, 0.3) is 0 Å². The van der Waals surface area contributed by atoms with E-state index in [0.29, 0.717) is 4.88 Å². The molecule has 0 saturated heterocycles. The fourth-order valence-electron chi connectivity index (χ4n) is 1.59. The minimum absolute atomic E-state index is 0.141. The van der Waals surface area contributed by atoms with Crippen molar-refractivity contribution in [3.63, 3.8) is 0 Å². The van der Waals surface area contributed by atoms with E-state index in [2.05, 4.69) is 15.9 Å². The lowest BCUT2D eigenvalue weighted by molar-refractivity contribution is 0.212. The number of halogens is 3. The van der Waals surface area contributed by atoms with Crippen LogP contribution in [0.2, 0.25) is 0 Å². The number of aryl methyl sites for hydroxylation is 1. The predicted molar refractivity (Wildman–Crippen MR) is 67.2 cm³/mol. The van der Waals surface area contributed by atoms with Crippen molar-refractivity contribution < 1.29 is 13.9 Å². The van der Waals surface area contributed by atoms with Gasteiger partial charge in [-0.2, -0.15) is 0 Å². The van der Waals surface area contributed by atoms with Gasteiger partial charge in [-0.3, -0.25) is 0 Å². The van der Waals surface area contributed by atoms with E-state index >= 15 is 0 Å². The Morgan fingerprint density at radius 1 is 1.29 bits per heavy atom. The van der Waals surface area contributed by atoms with Crippen molar-refractivity contribution >= 4 is 27.3 Å². The summed E-state index contributed by atoms with van der Waals surface area (Å²) in [6.45, 7) is 1.79. The van der Waals surface area contributed by atoms with Crippen molar-refractivity contribution in [1.29, 1.82) is 0 Å². The Kier molecular flexibility index (Phi) is 3.61. The third kappa shape index (κ3) is 2.27. The molecule has 5 heteroatoms. The summed E-state index contributed by atoms with van der Waals surface area (Å²) in [7, 11) is 0. The van der Waals surface area contributed by atoms with E-state index in [0.717, 1.165) is 11.6 Å². The molecule has 1 heterocycles. The molecular formula is C12H9BrF2OS. The second kappa shape index (κ2) is 4.84. The summed E-state index contributed by atoms with van der Waals surface area (Å²) in [6, 6.07) is 4.22. The zero-order valence-corrected chi connectivity index (χ0v) is 11.3. The topological polar surface area (TPSA) is 20.2 Å². The fraction of sp³-hybridized carbons (Fsp3) is 0.167. The predicted octanol–water partition coefficient (Wildman–Crippen LogP) is 4.18. The van der Waals surface area contributed by atoms with Gasteiger partial charge in [0.15, 0.2) is 0 Å². The maximum atomic E-state index is 13.8. The molecule has 2 rings (SSSR count). The van der Waals surface area contributed by atoms with Crippen molar-refractivity contribution in [2.75, 3.05) is 0 Å². The van der Waals surface area contributed by atoms with Crippen molar-refractivity contribution in [3.8, 4) is 0 Å². The summed E-state index contributed by atoms with van der Waals surface area (Å²) in [4.78, 5) is 0.556. The van der Waals surface area contributed by atoms with Crippen LogP contribution < -0.4 is 0 Å². The minimum atomic E-state index is -1.27. The van der Waals surface area contributed by atoms with Crippen LogP contribution in [0.15, 0.2) is 28.1 Å². The first-order valence-corrected chi connectivity index (χ1v) is 6.55. The molecule has 0 bridgehead atoms. The van der Waals surface area contributed by atoms with Gasteiger partial charge in [0.2, 0.25) is 0 Å². The largest absolute Gasteiger partial charge is 0.383 e. The lowest BCUT2D eigenvalue weighted by Gasteiger charge is -2.13. The van der Waals surface area contributed by atoms with Crippen molar-refractivity contribution in [1.82, 2.24) is 0 Å². The number of aliphatic hydroxyl groups is 1. The van der Waals surface area contributed by atoms with Crippen LogP contribution in [-0.2, 0) is 0 Å². The maximum absolute atomic E-state index is 13.8. The van der Waals surface area contributed by atoms with E-state index in [1.54, 1.807) is 18.4 Å². The third-order valence-electron chi connectivity index (χ3n) is 2.50. The molecule has 0 aliphatic heterocycles. The lowest BCUT2D eigenvalue weighted by atomic mass is 10.0. The number of hydrogen-bond donors (Lipinski definition) is 1. The van der Waals surface area contributed by atoms with Gasteiger partial charge in [-0.15, -0.1) is 11.3 Å². The summed E-state index contributed by atoms with van der Waals surface area (Å²) < 4.78 is 27.5. The Balaban J connectivity index is 2.55. The second-order valence-electron chi connectivity index (χ2n) is 3.63. The molecule has 0 saturated carbocycles. The van der Waals surface area contributed by atoms with Crippen molar-refractivity contribution in [2.24, 2.45) is 0 Å². The van der Waals surface area contributed by atoms with Crippen LogP contribution in [0.4, 0.5) is 8.78 Å². The number of rotatable bonds is 2. The smallest absolute Gasteiger partial charge is 0.146 e. The Morgan fingerprint density at radius 3 is 2.59 bits per heavy atom. The molecule has 2 aromatic rings. The van der Waals surface area contributed by atoms with E-state index < -0.39 is 17.7 Å². The van der Waals surface area contributed by atoms with Gasteiger partial charge in [0, 0.05) is 4.88 Å². The molecule has 0 aliphatic rings. The molecular weight excluding hydrogens is 310 g/mol. The van der Waals surface area contributed by atoms with Gasteiger partial charge >= 0.3 is 0 Å². The molecule has 0 radical (unpaired) electrons. The second-order valence-corrected chi connectivity index (χ2v) is 5.43. The highest BCUT2D eigenvalue weighted by Crippen LogP contribution is 2.34. The van der Waals surface area contributed by atoms with Gasteiger partial charge in [-0.05, 0) is 52.0 Å². The molecule has 1 nitrogen and oxygen atoms in total. The molecule has 0 spiro atoms. The maximum Gasteiger partial charge on any atom is 0.146 e. The average molecular weight is 319 g/mol. The molecule has 1 unspecified atom stereocenters. The monoisotopic (exact) mass is 318 g/mol. The Bertz CT molecular complexity index is 553.